The third-order valence-corrected chi connectivity index (χ3v) is 2.43. The lowest BCUT2D eigenvalue weighted by molar-refractivity contribution is -0.154. The molecule has 0 spiro atoms. The molecule has 0 saturated carbocycles. The summed E-state index contributed by atoms with van der Waals surface area (Å²) in [5.41, 5.74) is 6.33. The van der Waals surface area contributed by atoms with Crippen LogP contribution in [0.5, 0.6) is 5.88 Å². The van der Waals surface area contributed by atoms with Crippen LogP contribution in [-0.4, -0.2) is 43.5 Å². The predicted molar refractivity (Wildman–Crippen MR) is 75.6 cm³/mol. The van der Waals surface area contributed by atoms with Crippen molar-refractivity contribution in [3.05, 3.63) is 23.9 Å². The summed E-state index contributed by atoms with van der Waals surface area (Å²) in [7, 11) is 1.57. The zero-order chi connectivity index (χ0) is 16.6. The van der Waals surface area contributed by atoms with E-state index in [2.05, 4.69) is 20.0 Å². The van der Waals surface area contributed by atoms with E-state index in [0.29, 0.717) is 12.2 Å². The molecule has 124 valence electrons. The Bertz CT molecular complexity index is 494. The number of halogens is 3. The molecule has 0 aliphatic carbocycles. The second-order valence-electron chi connectivity index (χ2n) is 4.61. The van der Waals surface area contributed by atoms with E-state index >= 15 is 0 Å². The number of hydrogen-bond donors (Lipinski definition) is 2. The Labute approximate surface area is 126 Å². The monoisotopic (exact) mass is 320 g/mol. The number of nitrogens with zero attached hydrogens (tertiary/aromatic N) is 2. The minimum atomic E-state index is -4.40. The highest BCUT2D eigenvalue weighted by Crippen LogP contribution is 2.17. The Kier molecular flexibility index (Phi) is 6.90. The van der Waals surface area contributed by atoms with Crippen molar-refractivity contribution in [3.63, 3.8) is 0 Å². The van der Waals surface area contributed by atoms with Crippen molar-refractivity contribution in [1.29, 1.82) is 0 Å². The molecule has 3 N–H and O–H groups in total. The van der Waals surface area contributed by atoms with E-state index in [1.54, 1.807) is 13.2 Å². The minimum absolute atomic E-state index is 0.00290. The molecule has 1 aromatic rings. The number of pyridine rings is 1. The molecule has 1 rings (SSSR count). The number of guanidine groups is 1. The average Bonchev–Trinajstić information content (AvgIpc) is 2.43. The minimum Gasteiger partial charge on any atom is -0.468 e. The van der Waals surface area contributed by atoms with Gasteiger partial charge in [-0.25, -0.2) is 9.98 Å². The lowest BCUT2D eigenvalue weighted by Gasteiger charge is -2.13. The molecule has 1 unspecified atom stereocenters. The summed E-state index contributed by atoms with van der Waals surface area (Å²) in [4.78, 5) is 7.80. The van der Waals surface area contributed by atoms with Crippen LogP contribution in [0.3, 0.4) is 0 Å². The van der Waals surface area contributed by atoms with E-state index < -0.39 is 12.8 Å². The largest absolute Gasteiger partial charge is 0.468 e. The van der Waals surface area contributed by atoms with Crippen LogP contribution in [0.1, 0.15) is 12.5 Å². The summed E-state index contributed by atoms with van der Waals surface area (Å²) in [6.45, 7) is 1.16. The Hall–Kier alpha value is -2.03. The molecule has 0 saturated heterocycles. The molecule has 1 heterocycles. The van der Waals surface area contributed by atoms with E-state index in [1.165, 1.54) is 12.3 Å². The molecule has 0 radical (unpaired) electrons. The molecule has 1 atom stereocenters. The first-order valence-corrected chi connectivity index (χ1v) is 6.50. The van der Waals surface area contributed by atoms with Crippen LogP contribution in [-0.2, 0) is 11.3 Å². The summed E-state index contributed by atoms with van der Waals surface area (Å²) in [6, 6.07) is 3.01. The van der Waals surface area contributed by atoms with Crippen LogP contribution in [0.2, 0.25) is 0 Å². The van der Waals surface area contributed by atoms with Crippen LogP contribution in [0.25, 0.3) is 0 Å². The summed E-state index contributed by atoms with van der Waals surface area (Å²) in [5, 5.41) is 2.92. The van der Waals surface area contributed by atoms with Crippen LogP contribution in [0.15, 0.2) is 23.3 Å². The summed E-state index contributed by atoms with van der Waals surface area (Å²) in [6.07, 6.45) is -3.05. The lowest BCUT2D eigenvalue weighted by atomic mass is 10.3. The van der Waals surface area contributed by atoms with E-state index in [1.807, 2.05) is 6.92 Å². The molecule has 0 aromatic carbocycles. The zero-order valence-electron chi connectivity index (χ0n) is 12.4. The van der Waals surface area contributed by atoms with Crippen LogP contribution in [0.4, 0.5) is 13.2 Å². The number of nitrogens with two attached hydrogens (primary N) is 1. The van der Waals surface area contributed by atoms with Crippen molar-refractivity contribution in [3.8, 4) is 5.88 Å². The second kappa shape index (κ2) is 8.42. The molecule has 1 aromatic heterocycles. The topological polar surface area (TPSA) is 81.8 Å². The second-order valence-corrected chi connectivity index (χ2v) is 4.61. The fraction of sp³-hybridized carbons (Fsp3) is 0.538. The quantitative estimate of drug-likeness (QED) is 0.587. The summed E-state index contributed by atoms with van der Waals surface area (Å²) < 4.78 is 45.7. The number of ether oxygens (including phenoxy) is 2. The van der Waals surface area contributed by atoms with Gasteiger partial charge in [-0.15, -0.1) is 0 Å². The van der Waals surface area contributed by atoms with Gasteiger partial charge in [-0.3, -0.25) is 0 Å². The van der Waals surface area contributed by atoms with Gasteiger partial charge in [0.15, 0.2) is 12.6 Å². The number of methoxy groups -OCH3 is 1. The van der Waals surface area contributed by atoms with Crippen molar-refractivity contribution in [2.75, 3.05) is 20.3 Å². The molecule has 0 bridgehead atoms. The first kappa shape index (κ1) is 18.0. The van der Waals surface area contributed by atoms with Crippen LogP contribution < -0.4 is 15.8 Å². The van der Waals surface area contributed by atoms with Crippen molar-refractivity contribution < 1.29 is 22.6 Å². The van der Waals surface area contributed by atoms with Gasteiger partial charge in [-0.2, -0.15) is 13.2 Å². The normalized spacial score (nSPS) is 13.8. The number of aromatic nitrogens is 1. The Morgan fingerprint density at radius 2 is 2.23 bits per heavy atom. The standard InChI is InChI=1S/C13H19F3N4O2/c1-9(7-21-2)20-12(17)19-6-10-3-4-18-11(5-10)22-8-13(14,15)16/h3-5,9H,6-8H2,1-2H3,(H3,17,19,20). The zero-order valence-corrected chi connectivity index (χ0v) is 12.4. The Balaban J connectivity index is 2.55. The SMILES string of the molecule is COCC(C)NC(N)=NCc1ccnc(OCC(F)(F)F)c1. The van der Waals surface area contributed by atoms with Gasteiger partial charge in [0.1, 0.15) is 0 Å². The van der Waals surface area contributed by atoms with Gasteiger partial charge in [-0.05, 0) is 18.6 Å². The molecule has 6 nitrogen and oxygen atoms in total. The van der Waals surface area contributed by atoms with Gasteiger partial charge < -0.3 is 20.5 Å². The molecule has 22 heavy (non-hydrogen) atoms. The number of hydrogen-bond acceptors (Lipinski definition) is 4. The summed E-state index contributed by atoms with van der Waals surface area (Å²) >= 11 is 0. The predicted octanol–water partition coefficient (Wildman–Crippen LogP) is 1.46. The van der Waals surface area contributed by atoms with Crippen molar-refractivity contribution >= 4 is 5.96 Å². The van der Waals surface area contributed by atoms with Gasteiger partial charge in [0.05, 0.1) is 13.2 Å². The van der Waals surface area contributed by atoms with Gasteiger partial charge >= 0.3 is 6.18 Å². The molecule has 0 aliphatic rings. The number of rotatable bonds is 7. The Morgan fingerprint density at radius 3 is 2.86 bits per heavy atom. The molecule has 0 aliphatic heterocycles. The van der Waals surface area contributed by atoms with E-state index in [-0.39, 0.29) is 24.4 Å². The van der Waals surface area contributed by atoms with Crippen LogP contribution in [0, 0.1) is 0 Å². The first-order chi connectivity index (χ1) is 10.3. The highest BCUT2D eigenvalue weighted by atomic mass is 19.4. The van der Waals surface area contributed by atoms with Gasteiger partial charge in [0.2, 0.25) is 5.88 Å². The van der Waals surface area contributed by atoms with Crippen molar-refractivity contribution in [1.82, 2.24) is 10.3 Å². The fourth-order valence-corrected chi connectivity index (χ4v) is 1.55. The third kappa shape index (κ3) is 7.67. The molecular formula is C13H19F3N4O2. The van der Waals surface area contributed by atoms with Crippen molar-refractivity contribution in [2.45, 2.75) is 25.7 Å². The van der Waals surface area contributed by atoms with E-state index in [9.17, 15) is 13.2 Å². The Morgan fingerprint density at radius 1 is 1.50 bits per heavy atom. The summed E-state index contributed by atoms with van der Waals surface area (Å²) in [5.74, 6) is 0.114. The van der Waals surface area contributed by atoms with Gasteiger partial charge in [-0.1, -0.05) is 0 Å². The number of nitrogens with one attached hydrogen (secondary N) is 1. The van der Waals surface area contributed by atoms with Crippen LogP contribution >= 0.6 is 0 Å². The molecule has 0 fully saturated rings. The maximum absolute atomic E-state index is 12.1. The molecule has 0 amide bonds. The van der Waals surface area contributed by atoms with Gasteiger partial charge in [0, 0.05) is 25.4 Å². The average molecular weight is 320 g/mol. The molecular weight excluding hydrogens is 301 g/mol. The maximum atomic E-state index is 12.1. The molecule has 9 heteroatoms. The first-order valence-electron chi connectivity index (χ1n) is 6.50. The van der Waals surface area contributed by atoms with E-state index in [4.69, 9.17) is 10.5 Å². The fourth-order valence-electron chi connectivity index (χ4n) is 1.55. The lowest BCUT2D eigenvalue weighted by Crippen LogP contribution is -2.40. The number of alkyl halides is 3. The van der Waals surface area contributed by atoms with Gasteiger partial charge in [0.25, 0.3) is 0 Å². The highest BCUT2D eigenvalue weighted by Gasteiger charge is 2.28. The smallest absolute Gasteiger partial charge is 0.422 e. The highest BCUT2D eigenvalue weighted by molar-refractivity contribution is 5.78. The maximum Gasteiger partial charge on any atom is 0.422 e. The number of aliphatic imine (C=N–C) groups is 1. The van der Waals surface area contributed by atoms with E-state index in [0.717, 1.165) is 0 Å². The van der Waals surface area contributed by atoms with Crippen molar-refractivity contribution in [2.24, 2.45) is 10.7 Å². The third-order valence-electron chi connectivity index (χ3n) is 2.43.